The van der Waals surface area contributed by atoms with Crippen LogP contribution >= 0.6 is 0 Å². The molecule has 3 nitrogen and oxygen atoms in total. The fourth-order valence-electron chi connectivity index (χ4n) is 1.88. The van der Waals surface area contributed by atoms with Crippen LogP contribution in [0.25, 0.3) is 5.57 Å². The van der Waals surface area contributed by atoms with Crippen molar-refractivity contribution in [2.75, 3.05) is 0 Å². The number of aromatic nitrogens is 1. The largest absolute Gasteiger partial charge is 0.393 e. The Morgan fingerprint density at radius 3 is 2.00 bits per heavy atom. The Labute approximate surface area is 152 Å². The predicted molar refractivity (Wildman–Crippen MR) is 90.1 cm³/mol. The van der Waals surface area contributed by atoms with Gasteiger partial charge in [0.1, 0.15) is 0 Å². The Balaban J connectivity index is 0.000000522. The number of benzene rings is 1. The molecule has 0 fully saturated rings. The third kappa shape index (κ3) is 10.1. The summed E-state index contributed by atoms with van der Waals surface area (Å²) in [5.74, 6) is 0. The molecule has 0 aliphatic carbocycles. The molecule has 1 heterocycles. The molecule has 0 saturated carbocycles. The molecule has 2 N–H and O–H groups in total. The molecule has 1 radical (unpaired) electrons. The molecule has 2 atom stereocenters. The van der Waals surface area contributed by atoms with Gasteiger partial charge in [-0.2, -0.15) is 0 Å². The molecule has 1 aromatic carbocycles. The Bertz CT molecular complexity index is 548. The third-order valence-electron chi connectivity index (χ3n) is 2.84. The molecular formula is C19H24IrNO2-. The second-order valence-corrected chi connectivity index (χ2v) is 5.26. The summed E-state index contributed by atoms with van der Waals surface area (Å²) in [6.45, 7) is 5.34. The minimum atomic E-state index is -0.375. The second kappa shape index (κ2) is 12.1. The van der Waals surface area contributed by atoms with E-state index in [2.05, 4.69) is 11.1 Å². The average Bonchev–Trinajstić information content (AvgIpc) is 2.48. The van der Waals surface area contributed by atoms with E-state index >= 15 is 0 Å². The van der Waals surface area contributed by atoms with E-state index in [-0.39, 0.29) is 32.3 Å². The molecule has 0 aliphatic rings. The fourth-order valence-corrected chi connectivity index (χ4v) is 1.88. The van der Waals surface area contributed by atoms with Crippen molar-refractivity contribution in [1.29, 1.82) is 0 Å². The van der Waals surface area contributed by atoms with Gasteiger partial charge in [-0.15, -0.1) is 41.5 Å². The van der Waals surface area contributed by atoms with Crippen molar-refractivity contribution in [3.63, 3.8) is 0 Å². The Morgan fingerprint density at radius 2 is 1.57 bits per heavy atom. The Kier molecular flexibility index (Phi) is 11.4. The maximum absolute atomic E-state index is 8.56. The van der Waals surface area contributed by atoms with Crippen LogP contribution in [0.4, 0.5) is 0 Å². The Morgan fingerprint density at radius 1 is 1.00 bits per heavy atom. The zero-order chi connectivity index (χ0) is 16.4. The molecule has 2 rings (SSSR count). The van der Waals surface area contributed by atoms with Gasteiger partial charge in [-0.25, -0.2) is 0 Å². The van der Waals surface area contributed by atoms with Gasteiger partial charge in [-0.1, -0.05) is 25.1 Å². The number of hydrogen-bond donors (Lipinski definition) is 2. The van der Waals surface area contributed by atoms with Crippen molar-refractivity contribution in [2.24, 2.45) is 0 Å². The van der Waals surface area contributed by atoms with Gasteiger partial charge >= 0.3 is 0 Å². The summed E-state index contributed by atoms with van der Waals surface area (Å²) in [5.41, 5.74) is 3.11. The van der Waals surface area contributed by atoms with Crippen LogP contribution in [-0.4, -0.2) is 27.4 Å². The summed E-state index contributed by atoms with van der Waals surface area (Å²) < 4.78 is 0. The molecule has 0 aliphatic heterocycles. The number of nitrogens with zero attached hydrogens (tertiary/aromatic N) is 1. The van der Waals surface area contributed by atoms with Crippen LogP contribution in [0, 0.1) is 6.08 Å². The van der Waals surface area contributed by atoms with Crippen LogP contribution in [0.3, 0.4) is 0 Å². The standard InChI is InChI=1S/C14H12N.C5H12O2.Ir/c1-12(14-9-5-6-10-15-14)11-13-7-3-2-4-8-13;1-4(6)3-5(2)7;/h2-10H,1H3;4-7H,3H2,1-2H3;/q-1;;. The zero-order valence-electron chi connectivity index (χ0n) is 13.7. The fraction of sp³-hybridized carbons (Fsp3) is 0.316. The molecule has 0 spiro atoms. The van der Waals surface area contributed by atoms with Gasteiger partial charge in [0.25, 0.3) is 0 Å². The number of allylic oxidation sites excluding steroid dienone is 1. The maximum atomic E-state index is 8.56. The zero-order valence-corrected chi connectivity index (χ0v) is 16.1. The van der Waals surface area contributed by atoms with E-state index in [1.165, 1.54) is 0 Å². The monoisotopic (exact) mass is 491 g/mol. The first kappa shape index (κ1) is 21.7. The van der Waals surface area contributed by atoms with E-state index in [1.807, 2.05) is 55.5 Å². The van der Waals surface area contributed by atoms with E-state index in [0.29, 0.717) is 6.42 Å². The van der Waals surface area contributed by atoms with Gasteiger partial charge in [0.05, 0.1) is 12.2 Å². The first-order chi connectivity index (χ1) is 10.5. The summed E-state index contributed by atoms with van der Waals surface area (Å²) in [5, 5.41) is 17.1. The van der Waals surface area contributed by atoms with Crippen molar-refractivity contribution >= 4 is 5.57 Å². The minimum absolute atomic E-state index is 0. The SMILES string of the molecule is CC(=[C-]c1ccccc1)c1ccccn1.CC(O)CC(C)O.[Ir]. The molecule has 0 saturated heterocycles. The summed E-state index contributed by atoms with van der Waals surface area (Å²) in [7, 11) is 0. The molecule has 2 aromatic rings. The third-order valence-corrected chi connectivity index (χ3v) is 2.84. The summed E-state index contributed by atoms with van der Waals surface area (Å²) in [4.78, 5) is 4.28. The van der Waals surface area contributed by atoms with E-state index in [0.717, 1.165) is 16.8 Å². The van der Waals surface area contributed by atoms with Crippen molar-refractivity contribution in [2.45, 2.75) is 39.4 Å². The molecular weight excluding hydrogens is 466 g/mol. The maximum Gasteiger partial charge on any atom is 0.0536 e. The first-order valence-electron chi connectivity index (χ1n) is 7.42. The second-order valence-electron chi connectivity index (χ2n) is 5.26. The summed E-state index contributed by atoms with van der Waals surface area (Å²) in [6.07, 6.45) is 4.83. The van der Waals surface area contributed by atoms with Crippen LogP contribution in [0.15, 0.2) is 54.7 Å². The smallest absolute Gasteiger partial charge is 0.0536 e. The molecule has 1 aromatic heterocycles. The van der Waals surface area contributed by atoms with Gasteiger partial charge < -0.3 is 15.2 Å². The van der Waals surface area contributed by atoms with E-state index < -0.39 is 0 Å². The Hall–Kier alpha value is -1.32. The average molecular weight is 491 g/mol. The molecule has 0 amide bonds. The predicted octanol–water partition coefficient (Wildman–Crippen LogP) is 3.47. The summed E-state index contributed by atoms with van der Waals surface area (Å²) >= 11 is 0. The van der Waals surface area contributed by atoms with Crippen LogP contribution in [0.5, 0.6) is 0 Å². The van der Waals surface area contributed by atoms with Crippen LogP contribution in [-0.2, 0) is 20.1 Å². The number of hydrogen-bond acceptors (Lipinski definition) is 3. The van der Waals surface area contributed by atoms with E-state index in [4.69, 9.17) is 10.2 Å². The van der Waals surface area contributed by atoms with E-state index in [1.54, 1.807) is 20.0 Å². The first-order valence-corrected chi connectivity index (χ1v) is 7.42. The number of aliphatic hydroxyl groups is 2. The van der Waals surface area contributed by atoms with Gasteiger partial charge in [0, 0.05) is 26.3 Å². The van der Waals surface area contributed by atoms with Crippen LogP contribution in [0.2, 0.25) is 0 Å². The molecule has 0 bridgehead atoms. The molecule has 127 valence electrons. The number of aliphatic hydroxyl groups excluding tert-OH is 2. The summed E-state index contributed by atoms with van der Waals surface area (Å²) in [6, 6.07) is 16.0. The van der Waals surface area contributed by atoms with Crippen LogP contribution in [0.1, 0.15) is 38.4 Å². The van der Waals surface area contributed by atoms with Crippen molar-refractivity contribution in [3.05, 3.63) is 72.1 Å². The van der Waals surface area contributed by atoms with E-state index in [9.17, 15) is 0 Å². The van der Waals surface area contributed by atoms with Gasteiger partial charge in [0.2, 0.25) is 0 Å². The molecule has 23 heavy (non-hydrogen) atoms. The van der Waals surface area contributed by atoms with Gasteiger partial charge in [-0.3, -0.25) is 0 Å². The minimum Gasteiger partial charge on any atom is -0.393 e. The number of pyridine rings is 1. The normalized spacial score (nSPS) is 13.2. The topological polar surface area (TPSA) is 53.4 Å². The van der Waals surface area contributed by atoms with Gasteiger partial charge in [-0.05, 0) is 32.0 Å². The quantitative estimate of drug-likeness (QED) is 0.646. The van der Waals surface area contributed by atoms with Crippen LogP contribution < -0.4 is 0 Å². The molecule has 2 unspecified atom stereocenters. The van der Waals surface area contributed by atoms with Gasteiger partial charge in [0.15, 0.2) is 0 Å². The van der Waals surface area contributed by atoms with Crippen molar-refractivity contribution in [1.82, 2.24) is 4.98 Å². The molecule has 4 heteroatoms. The number of rotatable bonds is 4. The van der Waals surface area contributed by atoms with Crippen molar-refractivity contribution < 1.29 is 30.3 Å². The van der Waals surface area contributed by atoms with Crippen molar-refractivity contribution in [3.8, 4) is 0 Å².